The summed E-state index contributed by atoms with van der Waals surface area (Å²) in [5.41, 5.74) is 3.08. The van der Waals surface area contributed by atoms with Crippen LogP contribution < -0.4 is 10.2 Å². The van der Waals surface area contributed by atoms with Gasteiger partial charge in [-0.3, -0.25) is 9.59 Å². The zero-order valence-corrected chi connectivity index (χ0v) is 15.9. The first-order valence-corrected chi connectivity index (χ1v) is 9.17. The molecule has 25 heavy (non-hydrogen) atoms. The number of benzene rings is 2. The normalized spacial score (nSPS) is 18.3. The molecule has 0 aromatic heterocycles. The minimum absolute atomic E-state index is 0.00832. The fourth-order valence-electron chi connectivity index (χ4n) is 3.24. The highest BCUT2D eigenvalue weighted by Crippen LogP contribution is 2.27. The van der Waals surface area contributed by atoms with Crippen LogP contribution in [0.5, 0.6) is 0 Å². The Hall–Kier alpha value is -2.14. The summed E-state index contributed by atoms with van der Waals surface area (Å²) in [6.07, 6.45) is 0.252. The minimum Gasteiger partial charge on any atom is -0.349 e. The lowest BCUT2D eigenvalue weighted by Gasteiger charge is -2.20. The predicted octanol–water partition coefficient (Wildman–Crippen LogP) is 3.99. The second kappa shape index (κ2) is 7.40. The van der Waals surface area contributed by atoms with E-state index in [-0.39, 0.29) is 30.2 Å². The Morgan fingerprint density at radius 2 is 1.88 bits per heavy atom. The molecule has 1 N–H and O–H groups in total. The summed E-state index contributed by atoms with van der Waals surface area (Å²) in [4.78, 5) is 26.6. The van der Waals surface area contributed by atoms with E-state index < -0.39 is 0 Å². The van der Waals surface area contributed by atoms with E-state index in [9.17, 15) is 9.59 Å². The third-order valence-electron chi connectivity index (χ3n) is 4.65. The number of amides is 2. The molecule has 130 valence electrons. The van der Waals surface area contributed by atoms with Crippen LogP contribution in [0.3, 0.4) is 0 Å². The van der Waals surface area contributed by atoms with Gasteiger partial charge in [0.1, 0.15) is 0 Å². The number of hydrogen-bond acceptors (Lipinski definition) is 2. The van der Waals surface area contributed by atoms with Gasteiger partial charge in [0.15, 0.2) is 0 Å². The van der Waals surface area contributed by atoms with Crippen LogP contribution in [0.1, 0.15) is 30.5 Å². The number of carbonyl (C=O) groups is 2. The molecule has 2 aromatic rings. The average molecular weight is 401 g/mol. The molecule has 2 unspecified atom stereocenters. The van der Waals surface area contributed by atoms with Crippen LogP contribution in [0, 0.1) is 12.8 Å². The van der Waals surface area contributed by atoms with Gasteiger partial charge in [-0.25, -0.2) is 0 Å². The first-order valence-electron chi connectivity index (χ1n) is 8.37. The summed E-state index contributed by atoms with van der Waals surface area (Å²) >= 11 is 3.39. The molecular weight excluding hydrogens is 380 g/mol. The fraction of sp³-hybridized carbons (Fsp3) is 0.300. The monoisotopic (exact) mass is 400 g/mol. The largest absolute Gasteiger partial charge is 0.349 e. The van der Waals surface area contributed by atoms with Crippen molar-refractivity contribution in [2.24, 2.45) is 5.92 Å². The van der Waals surface area contributed by atoms with Gasteiger partial charge in [0.05, 0.1) is 12.0 Å². The summed E-state index contributed by atoms with van der Waals surface area (Å²) in [6.45, 7) is 4.43. The molecular formula is C20H21BrN2O2. The molecule has 2 amide bonds. The second-order valence-electron chi connectivity index (χ2n) is 6.47. The van der Waals surface area contributed by atoms with Crippen LogP contribution >= 0.6 is 15.9 Å². The van der Waals surface area contributed by atoms with Crippen molar-refractivity contribution < 1.29 is 9.59 Å². The van der Waals surface area contributed by atoms with Crippen LogP contribution in [0.2, 0.25) is 0 Å². The molecule has 1 fully saturated rings. The van der Waals surface area contributed by atoms with Crippen LogP contribution in [-0.4, -0.2) is 18.4 Å². The molecule has 0 saturated carbocycles. The maximum atomic E-state index is 12.6. The van der Waals surface area contributed by atoms with Gasteiger partial charge in [0.2, 0.25) is 11.8 Å². The third kappa shape index (κ3) is 3.93. The number of aryl methyl sites for hydroxylation is 1. The topological polar surface area (TPSA) is 49.4 Å². The third-order valence-corrected chi connectivity index (χ3v) is 5.18. The highest BCUT2D eigenvalue weighted by molar-refractivity contribution is 9.10. The molecule has 1 saturated heterocycles. The second-order valence-corrected chi connectivity index (χ2v) is 7.38. The number of hydrogen-bond donors (Lipinski definition) is 1. The first-order chi connectivity index (χ1) is 12.0. The van der Waals surface area contributed by atoms with Crippen molar-refractivity contribution in [2.45, 2.75) is 26.3 Å². The molecule has 4 nitrogen and oxygen atoms in total. The summed E-state index contributed by atoms with van der Waals surface area (Å²) in [5.74, 6) is -0.391. The van der Waals surface area contributed by atoms with Crippen LogP contribution in [0.15, 0.2) is 53.0 Å². The number of halogens is 1. The zero-order valence-electron chi connectivity index (χ0n) is 14.3. The highest BCUT2D eigenvalue weighted by atomic mass is 79.9. The number of anilines is 1. The van der Waals surface area contributed by atoms with E-state index in [1.165, 1.54) is 0 Å². The number of rotatable bonds is 4. The van der Waals surface area contributed by atoms with Crippen molar-refractivity contribution in [2.75, 3.05) is 11.4 Å². The van der Waals surface area contributed by atoms with E-state index in [4.69, 9.17) is 0 Å². The Morgan fingerprint density at radius 3 is 2.56 bits per heavy atom. The molecule has 0 bridgehead atoms. The molecule has 3 rings (SSSR count). The molecule has 1 heterocycles. The smallest absolute Gasteiger partial charge is 0.227 e. The van der Waals surface area contributed by atoms with Crippen molar-refractivity contribution in [3.63, 3.8) is 0 Å². The summed E-state index contributed by atoms with van der Waals surface area (Å²) in [5, 5.41) is 3.06. The van der Waals surface area contributed by atoms with Gasteiger partial charge in [0.25, 0.3) is 0 Å². The lowest BCUT2D eigenvalue weighted by Crippen LogP contribution is -2.34. The molecule has 5 heteroatoms. The molecule has 2 aromatic carbocycles. The van der Waals surface area contributed by atoms with Gasteiger partial charge in [-0.05, 0) is 49.2 Å². The molecule has 0 radical (unpaired) electrons. The van der Waals surface area contributed by atoms with Crippen molar-refractivity contribution >= 4 is 33.4 Å². The number of nitrogens with zero attached hydrogens (tertiary/aromatic N) is 1. The number of carbonyl (C=O) groups excluding carboxylic acids is 2. The quantitative estimate of drug-likeness (QED) is 0.843. The Kier molecular flexibility index (Phi) is 5.23. The first kappa shape index (κ1) is 17.7. The van der Waals surface area contributed by atoms with Crippen LogP contribution in [0.4, 0.5) is 5.69 Å². The Bertz CT molecular complexity index is 789. The van der Waals surface area contributed by atoms with E-state index in [1.54, 1.807) is 4.90 Å². The van der Waals surface area contributed by atoms with Gasteiger partial charge < -0.3 is 10.2 Å². The number of nitrogens with one attached hydrogen (secondary N) is 1. The van der Waals surface area contributed by atoms with E-state index in [1.807, 2.05) is 62.4 Å². The maximum absolute atomic E-state index is 12.6. The molecule has 1 aliphatic rings. The lowest BCUT2D eigenvalue weighted by molar-refractivity contribution is -0.126. The van der Waals surface area contributed by atoms with E-state index in [0.29, 0.717) is 6.54 Å². The Labute approximate surface area is 156 Å². The van der Waals surface area contributed by atoms with Crippen LogP contribution in [-0.2, 0) is 9.59 Å². The molecule has 1 aliphatic heterocycles. The summed E-state index contributed by atoms with van der Waals surface area (Å²) in [7, 11) is 0. The molecule has 0 aliphatic carbocycles. The van der Waals surface area contributed by atoms with Gasteiger partial charge >= 0.3 is 0 Å². The Morgan fingerprint density at radius 1 is 1.20 bits per heavy atom. The SMILES string of the molecule is Cc1ccccc1C(C)NC(=O)C1CC(=O)N(c2ccc(Br)cc2)C1. The van der Waals surface area contributed by atoms with Gasteiger partial charge in [-0.2, -0.15) is 0 Å². The predicted molar refractivity (Wildman–Crippen MR) is 102 cm³/mol. The zero-order chi connectivity index (χ0) is 18.0. The van der Waals surface area contributed by atoms with Crippen molar-refractivity contribution in [1.82, 2.24) is 5.32 Å². The maximum Gasteiger partial charge on any atom is 0.227 e. The van der Waals surface area contributed by atoms with E-state index in [0.717, 1.165) is 21.3 Å². The van der Waals surface area contributed by atoms with Crippen LogP contribution in [0.25, 0.3) is 0 Å². The summed E-state index contributed by atoms with van der Waals surface area (Å²) in [6, 6.07) is 15.5. The summed E-state index contributed by atoms with van der Waals surface area (Å²) < 4.78 is 0.962. The molecule has 0 spiro atoms. The van der Waals surface area contributed by atoms with Gasteiger partial charge in [0, 0.05) is 23.1 Å². The van der Waals surface area contributed by atoms with E-state index in [2.05, 4.69) is 21.2 Å². The van der Waals surface area contributed by atoms with Crippen molar-refractivity contribution in [3.05, 3.63) is 64.1 Å². The van der Waals surface area contributed by atoms with Crippen molar-refractivity contribution in [1.29, 1.82) is 0 Å². The molecule has 2 atom stereocenters. The minimum atomic E-state index is -0.317. The van der Waals surface area contributed by atoms with Gasteiger partial charge in [-0.1, -0.05) is 40.2 Å². The standard InChI is InChI=1S/C20H21BrN2O2/c1-13-5-3-4-6-18(13)14(2)22-20(25)15-11-19(24)23(12-15)17-9-7-16(21)8-10-17/h3-10,14-15H,11-12H2,1-2H3,(H,22,25). The van der Waals surface area contributed by atoms with Gasteiger partial charge in [-0.15, -0.1) is 0 Å². The fourth-order valence-corrected chi connectivity index (χ4v) is 3.50. The lowest BCUT2D eigenvalue weighted by atomic mass is 10.0. The Balaban J connectivity index is 1.66. The highest BCUT2D eigenvalue weighted by Gasteiger charge is 2.35. The average Bonchev–Trinajstić information content (AvgIpc) is 2.98. The van der Waals surface area contributed by atoms with Crippen molar-refractivity contribution in [3.8, 4) is 0 Å². The van der Waals surface area contributed by atoms with E-state index >= 15 is 0 Å².